The minimum absolute atomic E-state index is 0.0497. The maximum absolute atomic E-state index is 11.9. The van der Waals surface area contributed by atoms with Crippen molar-refractivity contribution in [3.63, 3.8) is 0 Å². The molecule has 0 saturated heterocycles. The molecule has 7 heteroatoms. The van der Waals surface area contributed by atoms with Crippen molar-refractivity contribution in [1.29, 1.82) is 0 Å². The number of rotatable bonds is 2. The second-order valence-electron chi connectivity index (χ2n) is 3.66. The third-order valence-electron chi connectivity index (χ3n) is 2.32. The van der Waals surface area contributed by atoms with E-state index in [1.807, 2.05) is 0 Å². The lowest BCUT2D eigenvalue weighted by Gasteiger charge is -2.10. The second kappa shape index (κ2) is 4.74. The quantitative estimate of drug-likeness (QED) is 0.775. The first-order chi connectivity index (χ1) is 8.63. The highest BCUT2D eigenvalue weighted by Gasteiger charge is 2.38. The molecule has 18 heavy (non-hydrogen) atoms. The third kappa shape index (κ3) is 2.10. The number of benzene rings is 1. The smallest absolute Gasteiger partial charge is 0.283 e. The molecule has 0 aromatic heterocycles. The van der Waals surface area contributed by atoms with Crippen molar-refractivity contribution in [2.24, 2.45) is 10.3 Å². The molecule has 0 bridgehead atoms. The van der Waals surface area contributed by atoms with Crippen LogP contribution in [0.15, 0.2) is 40.6 Å². The van der Waals surface area contributed by atoms with Gasteiger partial charge in [-0.05, 0) is 17.3 Å². The van der Waals surface area contributed by atoms with Gasteiger partial charge in [-0.25, -0.2) is 0 Å². The summed E-state index contributed by atoms with van der Waals surface area (Å²) in [4.78, 5) is 33.5. The molecule has 2 rings (SSSR count). The molecule has 1 aliphatic heterocycles. The van der Waals surface area contributed by atoms with E-state index in [2.05, 4.69) is 15.6 Å². The van der Waals surface area contributed by atoms with Gasteiger partial charge in [0.2, 0.25) is 11.9 Å². The van der Waals surface area contributed by atoms with Crippen molar-refractivity contribution >= 4 is 23.3 Å². The van der Waals surface area contributed by atoms with E-state index >= 15 is 0 Å². The molecular formula is C11H10N4O3. The van der Waals surface area contributed by atoms with Crippen molar-refractivity contribution in [1.82, 2.24) is 5.32 Å². The van der Waals surface area contributed by atoms with Crippen molar-refractivity contribution in [3.05, 3.63) is 35.2 Å². The molecule has 1 N–H and O–H groups in total. The first kappa shape index (κ1) is 11.9. The zero-order valence-corrected chi connectivity index (χ0v) is 9.53. The number of amidine groups is 1. The van der Waals surface area contributed by atoms with E-state index in [0.717, 1.165) is 5.01 Å². The Morgan fingerprint density at radius 2 is 2.06 bits per heavy atom. The molecule has 0 spiro atoms. The molecule has 1 aliphatic rings. The Morgan fingerprint density at radius 3 is 2.61 bits per heavy atom. The van der Waals surface area contributed by atoms with Crippen LogP contribution >= 0.6 is 0 Å². The summed E-state index contributed by atoms with van der Waals surface area (Å²) in [6, 6.07) is 7.29. The normalized spacial score (nSPS) is 18.5. The number of carbonyl (C=O) groups is 2. The van der Waals surface area contributed by atoms with E-state index in [4.69, 9.17) is 0 Å². The molecule has 2 amide bonds. The number of amides is 2. The Bertz CT molecular complexity index is 526. The van der Waals surface area contributed by atoms with E-state index in [0.29, 0.717) is 5.69 Å². The highest BCUT2D eigenvalue weighted by molar-refractivity contribution is 6.21. The Hall–Kier alpha value is -2.57. The summed E-state index contributed by atoms with van der Waals surface area (Å²) in [6.45, 7) is 1.26. The number of nitroso groups, excluding NO2 is 1. The molecule has 1 heterocycles. The van der Waals surface area contributed by atoms with Gasteiger partial charge in [0, 0.05) is 6.92 Å². The van der Waals surface area contributed by atoms with Gasteiger partial charge in [-0.1, -0.05) is 18.2 Å². The number of hydrazone groups is 1. The minimum Gasteiger partial charge on any atom is -0.311 e. The second-order valence-corrected chi connectivity index (χ2v) is 3.66. The standard InChI is InChI=1S/C11H10N4O3/c1-7(16)12-10-9(14-18)11(17)15(13-10)8-5-3-2-4-6-8/h2-6,9H,1H3,(H,12,13,16)/t9-/m0/s1. The third-order valence-corrected chi connectivity index (χ3v) is 2.32. The fourth-order valence-electron chi connectivity index (χ4n) is 1.57. The number of hydrogen-bond acceptors (Lipinski definition) is 5. The first-order valence-electron chi connectivity index (χ1n) is 5.21. The van der Waals surface area contributed by atoms with E-state index < -0.39 is 17.9 Å². The molecule has 0 fully saturated rings. The van der Waals surface area contributed by atoms with Crippen LogP contribution in [0.25, 0.3) is 0 Å². The fourth-order valence-corrected chi connectivity index (χ4v) is 1.57. The summed E-state index contributed by atoms with van der Waals surface area (Å²) < 4.78 is 0. The largest absolute Gasteiger partial charge is 0.311 e. The number of para-hydroxylation sites is 1. The zero-order chi connectivity index (χ0) is 13.1. The summed E-state index contributed by atoms with van der Waals surface area (Å²) in [6.07, 6.45) is 0. The first-order valence-corrected chi connectivity index (χ1v) is 5.21. The van der Waals surface area contributed by atoms with Gasteiger partial charge in [0.05, 0.1) is 5.69 Å². The van der Waals surface area contributed by atoms with Crippen LogP contribution in [0.5, 0.6) is 0 Å². The molecule has 1 aromatic rings. The van der Waals surface area contributed by atoms with Gasteiger partial charge in [0.25, 0.3) is 5.91 Å². The Balaban J connectivity index is 2.33. The summed E-state index contributed by atoms with van der Waals surface area (Å²) in [7, 11) is 0. The van der Waals surface area contributed by atoms with Gasteiger partial charge in [-0.3, -0.25) is 9.59 Å². The van der Waals surface area contributed by atoms with E-state index in [1.54, 1.807) is 30.3 Å². The number of anilines is 1. The van der Waals surface area contributed by atoms with E-state index in [1.165, 1.54) is 6.92 Å². The molecule has 0 saturated carbocycles. The Labute approximate surface area is 102 Å². The molecule has 0 radical (unpaired) electrons. The number of nitrogens with one attached hydrogen (secondary N) is 1. The van der Waals surface area contributed by atoms with Crippen molar-refractivity contribution in [2.75, 3.05) is 5.01 Å². The lowest BCUT2D eigenvalue weighted by Crippen LogP contribution is -2.38. The Kier molecular flexibility index (Phi) is 3.13. The van der Waals surface area contributed by atoms with Gasteiger partial charge in [0.15, 0.2) is 5.84 Å². The fraction of sp³-hybridized carbons (Fsp3) is 0.182. The number of carbonyl (C=O) groups excluding carboxylic acids is 2. The predicted molar refractivity (Wildman–Crippen MR) is 64.8 cm³/mol. The SMILES string of the molecule is CC(=O)NC1=NN(c2ccccc2)C(=O)[C@H]1N=O. The maximum atomic E-state index is 11.9. The average molecular weight is 246 g/mol. The molecule has 0 unspecified atom stereocenters. The summed E-state index contributed by atoms with van der Waals surface area (Å²) in [5.74, 6) is -1.04. The van der Waals surface area contributed by atoms with Crippen molar-refractivity contribution in [2.45, 2.75) is 13.0 Å². The lowest BCUT2D eigenvalue weighted by molar-refractivity contribution is -0.117. The predicted octanol–water partition coefficient (Wildman–Crippen LogP) is 0.618. The van der Waals surface area contributed by atoms with E-state index in [-0.39, 0.29) is 5.84 Å². The van der Waals surface area contributed by atoms with Gasteiger partial charge in [-0.15, -0.1) is 10.0 Å². The van der Waals surface area contributed by atoms with Crippen LogP contribution in [0, 0.1) is 4.91 Å². The minimum atomic E-state index is -1.30. The highest BCUT2D eigenvalue weighted by Crippen LogP contribution is 2.20. The topological polar surface area (TPSA) is 91.2 Å². The molecule has 1 aromatic carbocycles. The van der Waals surface area contributed by atoms with Gasteiger partial charge in [0.1, 0.15) is 0 Å². The van der Waals surface area contributed by atoms with Crippen LogP contribution in [0.3, 0.4) is 0 Å². The number of nitrogens with zero attached hydrogens (tertiary/aromatic N) is 3. The van der Waals surface area contributed by atoms with Gasteiger partial charge < -0.3 is 5.32 Å². The highest BCUT2D eigenvalue weighted by atomic mass is 16.3. The molecule has 7 nitrogen and oxygen atoms in total. The lowest BCUT2D eigenvalue weighted by atomic mass is 10.2. The van der Waals surface area contributed by atoms with Crippen LogP contribution in [0.1, 0.15) is 6.92 Å². The van der Waals surface area contributed by atoms with Crippen molar-refractivity contribution in [3.8, 4) is 0 Å². The number of hydrogen-bond donors (Lipinski definition) is 1. The van der Waals surface area contributed by atoms with Crippen LogP contribution < -0.4 is 10.3 Å². The molecule has 92 valence electrons. The van der Waals surface area contributed by atoms with Crippen LogP contribution in [-0.4, -0.2) is 23.7 Å². The van der Waals surface area contributed by atoms with Gasteiger partial charge >= 0.3 is 0 Å². The molecule has 0 aliphatic carbocycles. The summed E-state index contributed by atoms with van der Waals surface area (Å²) in [5.41, 5.74) is 0.511. The van der Waals surface area contributed by atoms with Gasteiger partial charge in [-0.2, -0.15) is 5.01 Å². The maximum Gasteiger partial charge on any atom is 0.283 e. The zero-order valence-electron chi connectivity index (χ0n) is 9.53. The summed E-state index contributed by atoms with van der Waals surface area (Å²) >= 11 is 0. The molecule has 1 atom stereocenters. The monoisotopic (exact) mass is 246 g/mol. The average Bonchev–Trinajstić information content (AvgIpc) is 2.66. The van der Waals surface area contributed by atoms with Crippen LogP contribution in [0.4, 0.5) is 5.69 Å². The van der Waals surface area contributed by atoms with Crippen LogP contribution in [-0.2, 0) is 9.59 Å². The summed E-state index contributed by atoms with van der Waals surface area (Å²) in [5, 5.41) is 9.98. The van der Waals surface area contributed by atoms with Crippen LogP contribution in [0.2, 0.25) is 0 Å². The molecular weight excluding hydrogens is 236 g/mol. The van der Waals surface area contributed by atoms with Crippen molar-refractivity contribution < 1.29 is 9.59 Å². The van der Waals surface area contributed by atoms with E-state index in [9.17, 15) is 14.5 Å². The Morgan fingerprint density at radius 1 is 1.39 bits per heavy atom.